The molecule has 2 atom stereocenters. The van der Waals surface area contributed by atoms with E-state index in [0.29, 0.717) is 17.0 Å². The molecule has 1 spiro atoms. The molecule has 0 aromatic heterocycles. The molecule has 1 saturated heterocycles. The Labute approximate surface area is 183 Å². The Morgan fingerprint density at radius 2 is 1.74 bits per heavy atom. The van der Waals surface area contributed by atoms with E-state index in [1.807, 2.05) is 30.3 Å². The molecule has 2 aromatic rings. The summed E-state index contributed by atoms with van der Waals surface area (Å²) in [5.74, 6) is -0.819. The standard InChI is InChI=1S/C26H32F2N2O/c27-19-14-22(25(23(28)15-19)31-17-18-4-2-1-3-5-18)21-16-24(21)30-20-6-8-26(9-7-20)10-12-29-13-11-26/h1-5,14-15,20-21,24,29-30H,6-13,16-17H2. The van der Waals surface area contributed by atoms with Gasteiger partial charge in [0.25, 0.3) is 0 Å². The average molecular weight is 427 g/mol. The molecule has 3 aliphatic rings. The normalized spacial score (nSPS) is 25.5. The van der Waals surface area contributed by atoms with Crippen LogP contribution in [0, 0.1) is 17.0 Å². The van der Waals surface area contributed by atoms with Crippen molar-refractivity contribution in [3.8, 4) is 5.75 Å². The van der Waals surface area contributed by atoms with Gasteiger partial charge in [0.05, 0.1) is 0 Å². The van der Waals surface area contributed by atoms with Crippen molar-refractivity contribution in [3.05, 3.63) is 65.2 Å². The Morgan fingerprint density at radius 3 is 2.48 bits per heavy atom. The summed E-state index contributed by atoms with van der Waals surface area (Å²) in [4.78, 5) is 0. The number of halogens is 2. The molecule has 1 aliphatic heterocycles. The molecule has 0 amide bonds. The van der Waals surface area contributed by atoms with Crippen molar-refractivity contribution < 1.29 is 13.5 Å². The Hall–Kier alpha value is -1.98. The second kappa shape index (κ2) is 8.87. The number of hydrogen-bond donors (Lipinski definition) is 2. The molecule has 166 valence electrons. The van der Waals surface area contributed by atoms with E-state index in [1.165, 1.54) is 44.6 Å². The molecule has 0 bridgehead atoms. The van der Waals surface area contributed by atoms with Crippen molar-refractivity contribution in [1.82, 2.24) is 10.6 Å². The van der Waals surface area contributed by atoms with Crippen LogP contribution in [0.15, 0.2) is 42.5 Å². The molecule has 2 aliphatic carbocycles. The first-order valence-corrected chi connectivity index (χ1v) is 11.7. The summed E-state index contributed by atoms with van der Waals surface area (Å²) >= 11 is 0. The number of ether oxygens (including phenoxy) is 1. The van der Waals surface area contributed by atoms with E-state index in [4.69, 9.17) is 4.74 Å². The van der Waals surface area contributed by atoms with Gasteiger partial charge in [0.1, 0.15) is 12.4 Å². The lowest BCUT2D eigenvalue weighted by Gasteiger charge is -2.43. The lowest BCUT2D eigenvalue weighted by Crippen LogP contribution is -2.43. The molecule has 5 rings (SSSR count). The van der Waals surface area contributed by atoms with E-state index in [0.717, 1.165) is 31.1 Å². The van der Waals surface area contributed by atoms with Gasteiger partial charge in [0, 0.05) is 29.6 Å². The predicted molar refractivity (Wildman–Crippen MR) is 118 cm³/mol. The van der Waals surface area contributed by atoms with Gasteiger partial charge in [-0.05, 0) is 75.1 Å². The SMILES string of the molecule is Fc1cc(F)c(OCc2ccccc2)c(C2CC2NC2CCC3(CCNCC3)CC2)c1. The van der Waals surface area contributed by atoms with Crippen LogP contribution < -0.4 is 15.4 Å². The first kappa shape index (κ1) is 20.9. The highest BCUT2D eigenvalue weighted by molar-refractivity contribution is 5.42. The van der Waals surface area contributed by atoms with E-state index in [-0.39, 0.29) is 24.3 Å². The maximum absolute atomic E-state index is 14.6. The van der Waals surface area contributed by atoms with Crippen LogP contribution in [0.4, 0.5) is 8.78 Å². The number of benzene rings is 2. The lowest BCUT2D eigenvalue weighted by molar-refractivity contribution is 0.115. The van der Waals surface area contributed by atoms with E-state index in [2.05, 4.69) is 10.6 Å². The van der Waals surface area contributed by atoms with Crippen LogP contribution in [0.25, 0.3) is 0 Å². The summed E-state index contributed by atoms with van der Waals surface area (Å²) in [6, 6.07) is 12.9. The third-order valence-electron chi connectivity index (χ3n) is 7.61. The smallest absolute Gasteiger partial charge is 0.168 e. The van der Waals surface area contributed by atoms with Crippen molar-refractivity contribution in [2.24, 2.45) is 5.41 Å². The second-order valence-electron chi connectivity index (χ2n) is 9.72. The van der Waals surface area contributed by atoms with Crippen LogP contribution in [0.1, 0.15) is 62.0 Å². The summed E-state index contributed by atoms with van der Waals surface area (Å²) < 4.78 is 34.5. The predicted octanol–water partition coefficient (Wildman–Crippen LogP) is 5.30. The van der Waals surface area contributed by atoms with Gasteiger partial charge in [-0.15, -0.1) is 0 Å². The first-order valence-electron chi connectivity index (χ1n) is 11.7. The Kier molecular flexibility index (Phi) is 5.98. The van der Waals surface area contributed by atoms with Crippen molar-refractivity contribution in [3.63, 3.8) is 0 Å². The highest BCUT2D eigenvalue weighted by Crippen LogP contribution is 2.48. The van der Waals surface area contributed by atoms with Crippen molar-refractivity contribution in [2.45, 2.75) is 69.6 Å². The maximum atomic E-state index is 14.6. The minimum Gasteiger partial charge on any atom is -0.486 e. The van der Waals surface area contributed by atoms with Gasteiger partial charge in [-0.1, -0.05) is 30.3 Å². The largest absolute Gasteiger partial charge is 0.486 e. The third-order valence-corrected chi connectivity index (χ3v) is 7.61. The van der Waals surface area contributed by atoms with Crippen LogP contribution in [-0.2, 0) is 6.61 Å². The summed E-state index contributed by atoms with van der Waals surface area (Å²) in [6.45, 7) is 2.58. The number of piperidine rings is 1. The summed E-state index contributed by atoms with van der Waals surface area (Å²) in [5, 5.41) is 7.27. The molecule has 3 nitrogen and oxygen atoms in total. The van der Waals surface area contributed by atoms with Crippen molar-refractivity contribution in [1.29, 1.82) is 0 Å². The van der Waals surface area contributed by atoms with Gasteiger partial charge >= 0.3 is 0 Å². The summed E-state index contributed by atoms with van der Waals surface area (Å²) in [5.41, 5.74) is 2.18. The van der Waals surface area contributed by atoms with Crippen LogP contribution in [0.5, 0.6) is 5.75 Å². The van der Waals surface area contributed by atoms with Gasteiger partial charge in [-0.3, -0.25) is 0 Å². The molecular weight excluding hydrogens is 394 g/mol. The Bertz CT molecular complexity index is 888. The van der Waals surface area contributed by atoms with Gasteiger partial charge in [-0.2, -0.15) is 0 Å². The zero-order valence-electron chi connectivity index (χ0n) is 18.0. The van der Waals surface area contributed by atoms with Gasteiger partial charge in [0.2, 0.25) is 0 Å². The molecule has 3 fully saturated rings. The number of hydrogen-bond acceptors (Lipinski definition) is 3. The topological polar surface area (TPSA) is 33.3 Å². The van der Waals surface area contributed by atoms with Crippen LogP contribution in [0.3, 0.4) is 0 Å². The number of nitrogens with one attached hydrogen (secondary N) is 2. The average Bonchev–Trinajstić information content (AvgIpc) is 3.55. The van der Waals surface area contributed by atoms with Gasteiger partial charge < -0.3 is 15.4 Å². The summed E-state index contributed by atoms with van der Waals surface area (Å²) in [6.07, 6.45) is 8.52. The molecule has 2 aromatic carbocycles. The quantitative estimate of drug-likeness (QED) is 0.658. The molecule has 2 saturated carbocycles. The molecule has 0 radical (unpaired) electrons. The molecule has 5 heteroatoms. The minimum absolute atomic E-state index is 0.116. The molecule has 31 heavy (non-hydrogen) atoms. The monoisotopic (exact) mass is 426 g/mol. The highest BCUT2D eigenvalue weighted by atomic mass is 19.1. The molecule has 1 heterocycles. The molecule has 2 unspecified atom stereocenters. The van der Waals surface area contributed by atoms with E-state index in [9.17, 15) is 8.78 Å². The maximum Gasteiger partial charge on any atom is 0.168 e. The van der Waals surface area contributed by atoms with Crippen molar-refractivity contribution in [2.75, 3.05) is 13.1 Å². The first-order chi connectivity index (χ1) is 15.1. The summed E-state index contributed by atoms with van der Waals surface area (Å²) in [7, 11) is 0. The highest BCUT2D eigenvalue weighted by Gasteiger charge is 2.44. The Balaban J connectivity index is 1.21. The zero-order chi connectivity index (χ0) is 21.3. The van der Waals surface area contributed by atoms with E-state index >= 15 is 0 Å². The van der Waals surface area contributed by atoms with Crippen LogP contribution >= 0.6 is 0 Å². The minimum atomic E-state index is -0.609. The second-order valence-corrected chi connectivity index (χ2v) is 9.72. The lowest BCUT2D eigenvalue weighted by atomic mass is 9.67. The Morgan fingerprint density at radius 1 is 1.00 bits per heavy atom. The fourth-order valence-corrected chi connectivity index (χ4v) is 5.62. The fourth-order valence-electron chi connectivity index (χ4n) is 5.62. The van der Waals surface area contributed by atoms with E-state index in [1.54, 1.807) is 0 Å². The zero-order valence-corrected chi connectivity index (χ0v) is 18.0. The van der Waals surface area contributed by atoms with Gasteiger partial charge in [-0.25, -0.2) is 8.78 Å². The fraction of sp³-hybridized carbons (Fsp3) is 0.538. The van der Waals surface area contributed by atoms with E-state index < -0.39 is 11.6 Å². The third kappa shape index (κ3) is 4.78. The van der Waals surface area contributed by atoms with Crippen molar-refractivity contribution >= 4 is 0 Å². The van der Waals surface area contributed by atoms with Crippen LogP contribution in [-0.4, -0.2) is 25.2 Å². The molecular formula is C26H32F2N2O. The van der Waals surface area contributed by atoms with Crippen LogP contribution in [0.2, 0.25) is 0 Å². The van der Waals surface area contributed by atoms with Gasteiger partial charge in [0.15, 0.2) is 11.6 Å². The molecule has 2 N–H and O–H groups in total. The number of rotatable bonds is 6.